The van der Waals surface area contributed by atoms with Crippen molar-refractivity contribution in [2.45, 2.75) is 26.7 Å². The van der Waals surface area contributed by atoms with Gasteiger partial charge in [-0.25, -0.2) is 14.4 Å². The SMILES string of the molecule is CCCc1nc(N)cc(Nc2cccc(F)c2C)n1. The Morgan fingerprint density at radius 3 is 2.84 bits per heavy atom. The molecule has 4 nitrogen and oxygen atoms in total. The number of anilines is 3. The topological polar surface area (TPSA) is 63.8 Å². The highest BCUT2D eigenvalue weighted by molar-refractivity contribution is 5.62. The third kappa shape index (κ3) is 3.19. The zero-order chi connectivity index (χ0) is 13.8. The van der Waals surface area contributed by atoms with Gasteiger partial charge in [-0.15, -0.1) is 0 Å². The van der Waals surface area contributed by atoms with Crippen molar-refractivity contribution in [2.75, 3.05) is 11.1 Å². The van der Waals surface area contributed by atoms with Gasteiger partial charge in [0.25, 0.3) is 0 Å². The first-order valence-electron chi connectivity index (χ1n) is 6.25. The Balaban J connectivity index is 2.30. The second-order valence-corrected chi connectivity index (χ2v) is 4.38. The molecule has 0 fully saturated rings. The summed E-state index contributed by atoms with van der Waals surface area (Å²) in [5.74, 6) is 1.44. The summed E-state index contributed by atoms with van der Waals surface area (Å²) in [6.45, 7) is 3.77. The molecule has 0 bridgehead atoms. The highest BCUT2D eigenvalue weighted by atomic mass is 19.1. The van der Waals surface area contributed by atoms with E-state index in [1.807, 2.05) is 0 Å². The van der Waals surface area contributed by atoms with E-state index >= 15 is 0 Å². The van der Waals surface area contributed by atoms with Crippen LogP contribution in [0.4, 0.5) is 21.7 Å². The summed E-state index contributed by atoms with van der Waals surface area (Å²) in [6, 6.07) is 6.53. The van der Waals surface area contributed by atoms with Crippen molar-refractivity contribution in [3.63, 3.8) is 0 Å². The summed E-state index contributed by atoms with van der Waals surface area (Å²) in [6.07, 6.45) is 1.71. The van der Waals surface area contributed by atoms with Crippen LogP contribution in [0.3, 0.4) is 0 Å². The van der Waals surface area contributed by atoms with Crippen LogP contribution < -0.4 is 11.1 Å². The fourth-order valence-corrected chi connectivity index (χ4v) is 1.80. The number of nitrogens with one attached hydrogen (secondary N) is 1. The Hall–Kier alpha value is -2.17. The first-order valence-corrected chi connectivity index (χ1v) is 6.25. The van der Waals surface area contributed by atoms with Crippen molar-refractivity contribution in [3.05, 3.63) is 41.5 Å². The molecular weight excluding hydrogens is 243 g/mol. The van der Waals surface area contributed by atoms with Gasteiger partial charge in [-0.2, -0.15) is 0 Å². The maximum absolute atomic E-state index is 13.5. The van der Waals surface area contributed by atoms with Crippen LogP contribution >= 0.6 is 0 Å². The number of halogens is 1. The Bertz CT molecular complexity index is 584. The summed E-state index contributed by atoms with van der Waals surface area (Å²) in [5.41, 5.74) is 6.98. The van der Waals surface area contributed by atoms with E-state index in [4.69, 9.17) is 5.73 Å². The number of rotatable bonds is 4. The summed E-state index contributed by atoms with van der Waals surface area (Å²) < 4.78 is 13.5. The average Bonchev–Trinajstić information content (AvgIpc) is 2.35. The molecular formula is C14H17FN4. The number of nitrogens with zero attached hydrogens (tertiary/aromatic N) is 2. The third-order valence-corrected chi connectivity index (χ3v) is 2.80. The van der Waals surface area contributed by atoms with Gasteiger partial charge in [0.1, 0.15) is 23.3 Å². The van der Waals surface area contributed by atoms with Crippen molar-refractivity contribution in [1.82, 2.24) is 9.97 Å². The lowest BCUT2D eigenvalue weighted by atomic mass is 10.2. The van der Waals surface area contributed by atoms with Gasteiger partial charge in [0.15, 0.2) is 0 Å². The monoisotopic (exact) mass is 260 g/mol. The molecule has 0 aliphatic carbocycles. The highest BCUT2D eigenvalue weighted by Gasteiger charge is 2.06. The Labute approximate surface area is 111 Å². The number of benzene rings is 1. The number of nitrogen functional groups attached to an aromatic ring is 1. The lowest BCUT2D eigenvalue weighted by molar-refractivity contribution is 0.619. The van der Waals surface area contributed by atoms with E-state index in [1.165, 1.54) is 6.07 Å². The normalized spacial score (nSPS) is 10.5. The van der Waals surface area contributed by atoms with Crippen LogP contribution in [0.25, 0.3) is 0 Å². The van der Waals surface area contributed by atoms with Gasteiger partial charge in [-0.1, -0.05) is 13.0 Å². The fourth-order valence-electron chi connectivity index (χ4n) is 1.80. The lowest BCUT2D eigenvalue weighted by Gasteiger charge is -2.10. The van der Waals surface area contributed by atoms with Crippen LogP contribution in [0.1, 0.15) is 24.7 Å². The first kappa shape index (κ1) is 13.3. The zero-order valence-electron chi connectivity index (χ0n) is 11.1. The van der Waals surface area contributed by atoms with E-state index in [0.29, 0.717) is 28.7 Å². The third-order valence-electron chi connectivity index (χ3n) is 2.80. The summed E-state index contributed by atoms with van der Waals surface area (Å²) in [7, 11) is 0. The van der Waals surface area contributed by atoms with Gasteiger partial charge in [-0.05, 0) is 25.5 Å². The highest BCUT2D eigenvalue weighted by Crippen LogP contribution is 2.22. The molecule has 5 heteroatoms. The molecule has 0 atom stereocenters. The van der Waals surface area contributed by atoms with Crippen LogP contribution in [-0.4, -0.2) is 9.97 Å². The summed E-state index contributed by atoms with van der Waals surface area (Å²) >= 11 is 0. The molecule has 3 N–H and O–H groups in total. The number of aryl methyl sites for hydroxylation is 1. The molecule has 0 aliphatic rings. The van der Waals surface area contributed by atoms with Crippen LogP contribution in [-0.2, 0) is 6.42 Å². The standard InChI is InChI=1S/C14H17FN4/c1-3-5-13-18-12(16)8-14(19-13)17-11-7-4-6-10(15)9(11)2/h4,6-8H,3,5H2,1-2H3,(H3,16,17,18,19). The van der Waals surface area contributed by atoms with Crippen molar-refractivity contribution >= 4 is 17.3 Å². The largest absolute Gasteiger partial charge is 0.384 e. The second-order valence-electron chi connectivity index (χ2n) is 4.38. The van der Waals surface area contributed by atoms with Crippen LogP contribution in [0.15, 0.2) is 24.3 Å². The molecule has 0 amide bonds. The van der Waals surface area contributed by atoms with Gasteiger partial charge in [0, 0.05) is 23.7 Å². The molecule has 2 rings (SSSR count). The second kappa shape index (κ2) is 5.65. The van der Waals surface area contributed by atoms with E-state index in [0.717, 1.165) is 12.8 Å². The smallest absolute Gasteiger partial charge is 0.136 e. The minimum atomic E-state index is -0.249. The van der Waals surface area contributed by atoms with Gasteiger partial charge in [0.05, 0.1) is 0 Å². The van der Waals surface area contributed by atoms with Crippen LogP contribution in [0, 0.1) is 12.7 Å². The van der Waals surface area contributed by atoms with E-state index in [2.05, 4.69) is 22.2 Å². The van der Waals surface area contributed by atoms with E-state index in [1.54, 1.807) is 25.1 Å². The molecule has 19 heavy (non-hydrogen) atoms. The number of hydrogen-bond donors (Lipinski definition) is 2. The molecule has 2 aromatic rings. The molecule has 0 spiro atoms. The molecule has 1 aromatic carbocycles. The van der Waals surface area contributed by atoms with E-state index in [-0.39, 0.29) is 5.82 Å². The van der Waals surface area contributed by atoms with Crippen molar-refractivity contribution in [3.8, 4) is 0 Å². The molecule has 0 unspecified atom stereocenters. The van der Waals surface area contributed by atoms with Gasteiger partial charge >= 0.3 is 0 Å². The Kier molecular flexibility index (Phi) is 3.94. The lowest BCUT2D eigenvalue weighted by Crippen LogP contribution is -2.04. The van der Waals surface area contributed by atoms with E-state index < -0.39 is 0 Å². The van der Waals surface area contributed by atoms with Crippen LogP contribution in [0.2, 0.25) is 0 Å². The molecule has 100 valence electrons. The van der Waals surface area contributed by atoms with Gasteiger partial charge < -0.3 is 11.1 Å². The predicted molar refractivity (Wildman–Crippen MR) is 74.9 cm³/mol. The molecule has 0 saturated carbocycles. The number of nitrogens with two attached hydrogens (primary N) is 1. The quantitative estimate of drug-likeness (QED) is 0.886. The average molecular weight is 260 g/mol. The number of hydrogen-bond acceptors (Lipinski definition) is 4. The van der Waals surface area contributed by atoms with Gasteiger partial charge in [0.2, 0.25) is 0 Å². The van der Waals surface area contributed by atoms with Gasteiger partial charge in [-0.3, -0.25) is 0 Å². The zero-order valence-corrected chi connectivity index (χ0v) is 11.1. The number of aromatic nitrogens is 2. The van der Waals surface area contributed by atoms with Crippen molar-refractivity contribution < 1.29 is 4.39 Å². The molecule has 0 saturated heterocycles. The molecule has 0 aliphatic heterocycles. The minimum absolute atomic E-state index is 0.249. The van der Waals surface area contributed by atoms with Crippen molar-refractivity contribution in [1.29, 1.82) is 0 Å². The van der Waals surface area contributed by atoms with Crippen LogP contribution in [0.5, 0.6) is 0 Å². The fraction of sp³-hybridized carbons (Fsp3) is 0.286. The minimum Gasteiger partial charge on any atom is -0.384 e. The molecule has 1 heterocycles. The van der Waals surface area contributed by atoms with E-state index in [9.17, 15) is 4.39 Å². The Morgan fingerprint density at radius 2 is 2.11 bits per heavy atom. The first-order chi connectivity index (χ1) is 9.10. The van der Waals surface area contributed by atoms with Crippen molar-refractivity contribution in [2.24, 2.45) is 0 Å². The molecule has 0 radical (unpaired) electrons. The Morgan fingerprint density at radius 1 is 1.32 bits per heavy atom. The maximum atomic E-state index is 13.5. The summed E-state index contributed by atoms with van der Waals surface area (Å²) in [4.78, 5) is 8.52. The summed E-state index contributed by atoms with van der Waals surface area (Å²) in [5, 5.41) is 3.08. The molecule has 1 aromatic heterocycles. The predicted octanol–water partition coefficient (Wildman–Crippen LogP) is 3.20. The maximum Gasteiger partial charge on any atom is 0.136 e.